The summed E-state index contributed by atoms with van der Waals surface area (Å²) in [5.41, 5.74) is 6.42. The monoisotopic (exact) mass is 195 g/mol. The summed E-state index contributed by atoms with van der Waals surface area (Å²) in [7, 11) is 0. The molecule has 4 N–H and O–H groups in total. The first kappa shape index (κ1) is 10.8. The van der Waals surface area contributed by atoms with Gasteiger partial charge in [0.2, 0.25) is 0 Å². The van der Waals surface area contributed by atoms with Crippen molar-refractivity contribution < 1.29 is 5.11 Å². The van der Waals surface area contributed by atoms with E-state index in [-0.39, 0.29) is 6.61 Å². The van der Waals surface area contributed by atoms with Gasteiger partial charge in [-0.05, 0) is 24.5 Å². The van der Waals surface area contributed by atoms with E-state index < -0.39 is 0 Å². The second-order valence-electron chi connectivity index (χ2n) is 3.47. The van der Waals surface area contributed by atoms with Crippen LogP contribution in [-0.2, 0) is 0 Å². The predicted molar refractivity (Wildman–Crippen MR) is 58.0 cm³/mol. The van der Waals surface area contributed by atoms with E-state index in [4.69, 9.17) is 10.8 Å². The first-order chi connectivity index (χ1) is 6.72. The Bertz CT molecular complexity index is 261. The normalized spacial score (nSPS) is 12.4. The van der Waals surface area contributed by atoms with E-state index in [9.17, 15) is 0 Å². The van der Waals surface area contributed by atoms with Crippen molar-refractivity contribution in [3.63, 3.8) is 0 Å². The number of nitrogens with one attached hydrogen (secondary N) is 1. The van der Waals surface area contributed by atoms with Gasteiger partial charge in [-0.2, -0.15) is 0 Å². The lowest BCUT2D eigenvalue weighted by atomic mass is 10.1. The molecule has 1 atom stereocenters. The van der Waals surface area contributed by atoms with Crippen LogP contribution in [0.3, 0.4) is 0 Å². The lowest BCUT2D eigenvalue weighted by molar-refractivity contribution is 0.266. The zero-order valence-electron chi connectivity index (χ0n) is 8.40. The quantitative estimate of drug-likeness (QED) is 0.657. The number of pyridine rings is 1. The van der Waals surface area contributed by atoms with Crippen molar-refractivity contribution in [3.8, 4) is 0 Å². The molecule has 0 saturated carbocycles. The van der Waals surface area contributed by atoms with E-state index in [0.29, 0.717) is 11.7 Å². The minimum Gasteiger partial charge on any atom is -0.396 e. The predicted octanol–water partition coefficient (Wildman–Crippen LogP) is 1.09. The van der Waals surface area contributed by atoms with Crippen molar-refractivity contribution in [2.24, 2.45) is 5.92 Å². The summed E-state index contributed by atoms with van der Waals surface area (Å²) in [6, 6.07) is 3.66. The molecule has 78 valence electrons. The maximum absolute atomic E-state index is 8.71. The van der Waals surface area contributed by atoms with Crippen LogP contribution in [0.15, 0.2) is 18.3 Å². The topological polar surface area (TPSA) is 71.2 Å². The zero-order valence-corrected chi connectivity index (χ0v) is 8.40. The standard InChI is InChI=1S/C10H17N3O/c1-8(4-5-14)6-12-9-2-3-10(11)13-7-9/h2-3,7-8,12,14H,4-6H2,1H3,(H2,11,13). The molecule has 0 fully saturated rings. The van der Waals surface area contributed by atoms with Gasteiger partial charge < -0.3 is 16.2 Å². The average molecular weight is 195 g/mol. The van der Waals surface area contributed by atoms with Crippen molar-refractivity contribution in [1.82, 2.24) is 4.98 Å². The fourth-order valence-corrected chi connectivity index (χ4v) is 1.12. The molecule has 0 aromatic carbocycles. The van der Waals surface area contributed by atoms with E-state index in [2.05, 4.69) is 17.2 Å². The third-order valence-electron chi connectivity index (χ3n) is 2.06. The Labute approximate surface area is 84.2 Å². The zero-order chi connectivity index (χ0) is 10.4. The molecule has 14 heavy (non-hydrogen) atoms. The summed E-state index contributed by atoms with van der Waals surface area (Å²) < 4.78 is 0. The number of anilines is 2. The van der Waals surface area contributed by atoms with Gasteiger partial charge >= 0.3 is 0 Å². The van der Waals surface area contributed by atoms with Crippen LogP contribution in [-0.4, -0.2) is 23.2 Å². The molecule has 0 aliphatic carbocycles. The summed E-state index contributed by atoms with van der Waals surface area (Å²) in [5.74, 6) is 0.983. The molecular formula is C10H17N3O. The minimum atomic E-state index is 0.239. The molecule has 1 aromatic heterocycles. The van der Waals surface area contributed by atoms with Gasteiger partial charge in [0.15, 0.2) is 0 Å². The van der Waals surface area contributed by atoms with Gasteiger partial charge in [-0.25, -0.2) is 4.98 Å². The maximum atomic E-state index is 8.71. The van der Waals surface area contributed by atoms with Crippen LogP contribution < -0.4 is 11.1 Å². The number of hydrogen-bond donors (Lipinski definition) is 3. The van der Waals surface area contributed by atoms with E-state index in [1.54, 1.807) is 12.3 Å². The van der Waals surface area contributed by atoms with Crippen molar-refractivity contribution >= 4 is 11.5 Å². The molecule has 0 amide bonds. The fraction of sp³-hybridized carbons (Fsp3) is 0.500. The van der Waals surface area contributed by atoms with Crippen LogP contribution in [0.2, 0.25) is 0 Å². The van der Waals surface area contributed by atoms with Gasteiger partial charge in [0.25, 0.3) is 0 Å². The Kier molecular flexibility index (Phi) is 4.19. The average Bonchev–Trinajstić information content (AvgIpc) is 2.17. The van der Waals surface area contributed by atoms with Crippen LogP contribution in [0.1, 0.15) is 13.3 Å². The van der Waals surface area contributed by atoms with Crippen molar-refractivity contribution in [1.29, 1.82) is 0 Å². The van der Waals surface area contributed by atoms with Crippen molar-refractivity contribution in [2.45, 2.75) is 13.3 Å². The largest absolute Gasteiger partial charge is 0.396 e. The molecular weight excluding hydrogens is 178 g/mol. The molecule has 4 heteroatoms. The van der Waals surface area contributed by atoms with Crippen LogP contribution in [0, 0.1) is 5.92 Å². The lowest BCUT2D eigenvalue weighted by Gasteiger charge is -2.11. The number of rotatable bonds is 5. The molecule has 0 aliphatic heterocycles. The highest BCUT2D eigenvalue weighted by Crippen LogP contribution is 2.08. The smallest absolute Gasteiger partial charge is 0.123 e. The van der Waals surface area contributed by atoms with E-state index in [1.807, 2.05) is 6.07 Å². The maximum Gasteiger partial charge on any atom is 0.123 e. The van der Waals surface area contributed by atoms with Crippen LogP contribution in [0.5, 0.6) is 0 Å². The fourth-order valence-electron chi connectivity index (χ4n) is 1.12. The molecule has 0 radical (unpaired) electrons. The van der Waals surface area contributed by atoms with Gasteiger partial charge in [0, 0.05) is 13.2 Å². The Morgan fingerprint density at radius 1 is 1.57 bits per heavy atom. The summed E-state index contributed by atoms with van der Waals surface area (Å²) >= 11 is 0. The number of nitrogen functional groups attached to an aromatic ring is 1. The Balaban J connectivity index is 2.34. The number of nitrogens with two attached hydrogens (primary N) is 1. The highest BCUT2D eigenvalue weighted by atomic mass is 16.3. The molecule has 0 saturated heterocycles. The molecule has 0 aliphatic rings. The molecule has 0 spiro atoms. The Hall–Kier alpha value is -1.29. The Morgan fingerprint density at radius 3 is 2.93 bits per heavy atom. The van der Waals surface area contributed by atoms with Crippen molar-refractivity contribution in [3.05, 3.63) is 18.3 Å². The van der Waals surface area contributed by atoms with Crippen LogP contribution in [0.4, 0.5) is 11.5 Å². The van der Waals surface area contributed by atoms with Crippen LogP contribution in [0.25, 0.3) is 0 Å². The van der Waals surface area contributed by atoms with Crippen molar-refractivity contribution in [2.75, 3.05) is 24.2 Å². The molecule has 1 aromatic rings. The van der Waals surface area contributed by atoms with Gasteiger partial charge in [0.05, 0.1) is 11.9 Å². The minimum absolute atomic E-state index is 0.239. The molecule has 1 heterocycles. The summed E-state index contributed by atoms with van der Waals surface area (Å²) in [4.78, 5) is 3.97. The second-order valence-corrected chi connectivity index (χ2v) is 3.47. The highest BCUT2D eigenvalue weighted by molar-refractivity contribution is 5.45. The Morgan fingerprint density at radius 2 is 2.36 bits per heavy atom. The number of hydrogen-bond acceptors (Lipinski definition) is 4. The SMILES string of the molecule is CC(CCO)CNc1ccc(N)nc1. The van der Waals surface area contributed by atoms with Gasteiger partial charge in [-0.3, -0.25) is 0 Å². The van der Waals surface area contributed by atoms with E-state index >= 15 is 0 Å². The van der Waals surface area contributed by atoms with E-state index in [0.717, 1.165) is 18.7 Å². The summed E-state index contributed by atoms with van der Waals surface area (Å²) in [6.07, 6.45) is 2.52. The third-order valence-corrected chi connectivity index (χ3v) is 2.06. The third kappa shape index (κ3) is 3.62. The van der Waals surface area contributed by atoms with Gasteiger partial charge in [-0.1, -0.05) is 6.92 Å². The molecule has 1 unspecified atom stereocenters. The first-order valence-corrected chi connectivity index (χ1v) is 4.78. The number of aromatic nitrogens is 1. The van der Waals surface area contributed by atoms with E-state index in [1.165, 1.54) is 0 Å². The first-order valence-electron chi connectivity index (χ1n) is 4.78. The number of nitrogens with zero attached hydrogens (tertiary/aromatic N) is 1. The molecule has 1 rings (SSSR count). The van der Waals surface area contributed by atoms with Gasteiger partial charge in [-0.15, -0.1) is 0 Å². The highest BCUT2D eigenvalue weighted by Gasteiger charge is 2.00. The second kappa shape index (κ2) is 5.44. The summed E-state index contributed by atoms with van der Waals surface area (Å²) in [5, 5.41) is 11.9. The van der Waals surface area contributed by atoms with Gasteiger partial charge in [0.1, 0.15) is 5.82 Å². The molecule has 4 nitrogen and oxygen atoms in total. The summed E-state index contributed by atoms with van der Waals surface area (Å²) in [6.45, 7) is 3.17. The van der Waals surface area contributed by atoms with Crippen LogP contribution >= 0.6 is 0 Å². The lowest BCUT2D eigenvalue weighted by Crippen LogP contribution is -2.12. The molecule has 0 bridgehead atoms. The number of aliphatic hydroxyl groups is 1. The number of aliphatic hydroxyl groups excluding tert-OH is 1.